The molecule has 8 nitrogen and oxygen atoms in total. The fourth-order valence-electron chi connectivity index (χ4n) is 2.77. The number of ether oxygens (including phenoxy) is 1. The first kappa shape index (κ1) is 22.4. The number of hydrogen-bond acceptors (Lipinski definition) is 6. The maximum absolute atomic E-state index is 12.1. The normalized spacial score (nSPS) is 12.7. The van der Waals surface area contributed by atoms with Crippen molar-refractivity contribution in [2.24, 2.45) is 10.7 Å². The van der Waals surface area contributed by atoms with Gasteiger partial charge in [-0.2, -0.15) is 5.10 Å². The number of esters is 1. The Kier molecular flexibility index (Phi) is 9.25. The fourth-order valence-corrected chi connectivity index (χ4v) is 2.77. The van der Waals surface area contributed by atoms with Crippen LogP contribution in [0.5, 0.6) is 0 Å². The molecule has 0 radical (unpaired) electrons. The van der Waals surface area contributed by atoms with Crippen LogP contribution in [0.4, 0.5) is 0 Å². The second-order valence-corrected chi connectivity index (χ2v) is 6.21. The van der Waals surface area contributed by atoms with Crippen LogP contribution in [0.1, 0.15) is 62.6 Å². The Labute approximate surface area is 160 Å². The lowest BCUT2D eigenvalue weighted by molar-refractivity contribution is -0.135. The highest BCUT2D eigenvalue weighted by Gasteiger charge is 2.19. The Morgan fingerprint density at radius 2 is 2.00 bits per heavy atom. The third-order valence-electron chi connectivity index (χ3n) is 3.96. The SMILES string of the molecule is CCN=C(C(=O)OCC)/C(CCCCCn1nc(C)cc1C(=O)O)=C(/C)N. The van der Waals surface area contributed by atoms with Gasteiger partial charge in [0.1, 0.15) is 11.4 Å². The molecule has 0 spiro atoms. The number of carboxylic acid groups (broad SMARTS) is 1. The highest BCUT2D eigenvalue weighted by atomic mass is 16.5. The van der Waals surface area contributed by atoms with E-state index in [0.29, 0.717) is 36.6 Å². The van der Waals surface area contributed by atoms with Crippen LogP contribution in [0.2, 0.25) is 0 Å². The number of allylic oxidation sites excluding steroid dienone is 1. The van der Waals surface area contributed by atoms with E-state index < -0.39 is 11.9 Å². The summed E-state index contributed by atoms with van der Waals surface area (Å²) in [5.74, 6) is -1.42. The Bertz CT molecular complexity index is 715. The molecular formula is C19H30N4O4. The molecule has 0 bridgehead atoms. The molecule has 0 aliphatic carbocycles. The average Bonchev–Trinajstić information content (AvgIpc) is 2.97. The summed E-state index contributed by atoms with van der Waals surface area (Å²) >= 11 is 0. The van der Waals surface area contributed by atoms with Crippen molar-refractivity contribution in [3.63, 3.8) is 0 Å². The Morgan fingerprint density at radius 1 is 1.30 bits per heavy atom. The number of rotatable bonds is 11. The van der Waals surface area contributed by atoms with Crippen LogP contribution in [-0.2, 0) is 16.1 Å². The molecule has 8 heteroatoms. The molecule has 1 heterocycles. The molecule has 0 saturated carbocycles. The van der Waals surface area contributed by atoms with E-state index in [0.717, 1.165) is 24.8 Å². The lowest BCUT2D eigenvalue weighted by Gasteiger charge is -2.12. The maximum atomic E-state index is 12.1. The zero-order chi connectivity index (χ0) is 20.4. The predicted octanol–water partition coefficient (Wildman–Crippen LogP) is 2.71. The van der Waals surface area contributed by atoms with Gasteiger partial charge in [0, 0.05) is 24.4 Å². The summed E-state index contributed by atoms with van der Waals surface area (Å²) in [5.41, 5.74) is 8.44. The molecule has 1 aromatic heterocycles. The molecule has 0 aromatic carbocycles. The number of carboxylic acids is 1. The third-order valence-corrected chi connectivity index (χ3v) is 3.96. The zero-order valence-corrected chi connectivity index (χ0v) is 16.6. The van der Waals surface area contributed by atoms with E-state index >= 15 is 0 Å². The Morgan fingerprint density at radius 3 is 2.56 bits per heavy atom. The molecule has 0 unspecified atom stereocenters. The molecule has 3 N–H and O–H groups in total. The van der Waals surface area contributed by atoms with Gasteiger partial charge in [-0.25, -0.2) is 9.59 Å². The van der Waals surface area contributed by atoms with Gasteiger partial charge in [-0.1, -0.05) is 6.42 Å². The molecule has 0 saturated heterocycles. The summed E-state index contributed by atoms with van der Waals surface area (Å²) in [4.78, 5) is 27.6. The quantitative estimate of drug-likeness (QED) is 0.347. The standard InChI is InChI=1S/C19H30N4O4/c1-5-21-17(19(26)27-6-2)15(14(4)20)10-8-7-9-11-23-16(18(24)25)12-13(3)22-23/h12H,5-11,20H2,1-4H3,(H,24,25)/b15-14-,21-17?. The van der Waals surface area contributed by atoms with Crippen LogP contribution in [0.3, 0.4) is 0 Å². The van der Waals surface area contributed by atoms with Crippen molar-refractivity contribution in [3.05, 3.63) is 28.7 Å². The van der Waals surface area contributed by atoms with Gasteiger partial charge in [0.2, 0.25) is 0 Å². The topological polar surface area (TPSA) is 120 Å². The number of unbranched alkanes of at least 4 members (excludes halogenated alkanes) is 2. The average molecular weight is 378 g/mol. The van der Waals surface area contributed by atoms with Crippen LogP contribution in [0.15, 0.2) is 22.3 Å². The van der Waals surface area contributed by atoms with Gasteiger partial charge < -0.3 is 15.6 Å². The highest BCUT2D eigenvalue weighted by Crippen LogP contribution is 2.16. The number of carbonyl (C=O) groups is 2. The summed E-state index contributed by atoms with van der Waals surface area (Å²) in [6.45, 7) is 8.43. The van der Waals surface area contributed by atoms with Gasteiger partial charge in [0.15, 0.2) is 0 Å². The minimum Gasteiger partial charge on any atom is -0.477 e. The van der Waals surface area contributed by atoms with Crippen molar-refractivity contribution in [2.75, 3.05) is 13.2 Å². The van der Waals surface area contributed by atoms with E-state index in [1.165, 1.54) is 4.68 Å². The maximum Gasteiger partial charge on any atom is 0.356 e. The minimum absolute atomic E-state index is 0.200. The first-order valence-corrected chi connectivity index (χ1v) is 9.26. The number of nitrogens with two attached hydrogens (primary N) is 1. The summed E-state index contributed by atoms with van der Waals surface area (Å²) in [6, 6.07) is 1.56. The second-order valence-electron chi connectivity index (χ2n) is 6.21. The summed E-state index contributed by atoms with van der Waals surface area (Å²) < 4.78 is 6.60. The smallest absolute Gasteiger partial charge is 0.356 e. The molecular weight excluding hydrogens is 348 g/mol. The molecule has 1 rings (SSSR count). The molecule has 150 valence electrons. The molecule has 0 aliphatic rings. The lowest BCUT2D eigenvalue weighted by Crippen LogP contribution is -2.23. The summed E-state index contributed by atoms with van der Waals surface area (Å²) in [5, 5.41) is 13.4. The van der Waals surface area contributed by atoms with E-state index in [1.807, 2.05) is 6.92 Å². The van der Waals surface area contributed by atoms with Gasteiger partial charge in [0.25, 0.3) is 0 Å². The van der Waals surface area contributed by atoms with Crippen LogP contribution in [-0.4, -0.2) is 45.7 Å². The molecule has 0 amide bonds. The molecule has 0 atom stereocenters. The van der Waals surface area contributed by atoms with E-state index in [2.05, 4.69) is 10.1 Å². The van der Waals surface area contributed by atoms with Gasteiger partial charge in [-0.3, -0.25) is 9.67 Å². The first-order chi connectivity index (χ1) is 12.8. The van der Waals surface area contributed by atoms with E-state index in [-0.39, 0.29) is 12.3 Å². The van der Waals surface area contributed by atoms with Crippen LogP contribution >= 0.6 is 0 Å². The number of aromatic carboxylic acids is 1. The number of carbonyl (C=O) groups excluding carboxylic acids is 1. The van der Waals surface area contributed by atoms with Crippen molar-refractivity contribution in [2.45, 2.75) is 59.9 Å². The van der Waals surface area contributed by atoms with Crippen LogP contribution in [0.25, 0.3) is 0 Å². The fraction of sp³-hybridized carbons (Fsp3) is 0.579. The Hall–Kier alpha value is -2.64. The number of hydrogen-bond donors (Lipinski definition) is 2. The molecule has 1 aromatic rings. The number of nitrogens with zero attached hydrogens (tertiary/aromatic N) is 3. The first-order valence-electron chi connectivity index (χ1n) is 9.26. The van der Waals surface area contributed by atoms with Gasteiger partial charge in [-0.05, 0) is 53.0 Å². The molecule has 0 aliphatic heterocycles. The third kappa shape index (κ3) is 6.88. The van der Waals surface area contributed by atoms with Crippen molar-refractivity contribution < 1.29 is 19.4 Å². The summed E-state index contributed by atoms with van der Waals surface area (Å²) in [7, 11) is 0. The zero-order valence-electron chi connectivity index (χ0n) is 16.6. The molecule has 27 heavy (non-hydrogen) atoms. The van der Waals surface area contributed by atoms with Crippen LogP contribution < -0.4 is 5.73 Å². The summed E-state index contributed by atoms with van der Waals surface area (Å²) in [6.07, 6.45) is 3.04. The van der Waals surface area contributed by atoms with Crippen LogP contribution in [0, 0.1) is 6.92 Å². The minimum atomic E-state index is -0.977. The highest BCUT2D eigenvalue weighted by molar-refractivity contribution is 6.43. The molecule has 0 fully saturated rings. The number of aryl methyl sites for hydroxylation is 2. The van der Waals surface area contributed by atoms with Crippen molar-refractivity contribution >= 4 is 17.7 Å². The monoisotopic (exact) mass is 378 g/mol. The van der Waals surface area contributed by atoms with Crippen molar-refractivity contribution in [1.82, 2.24) is 9.78 Å². The number of aromatic nitrogens is 2. The lowest BCUT2D eigenvalue weighted by atomic mass is 10.0. The van der Waals surface area contributed by atoms with E-state index in [9.17, 15) is 14.7 Å². The van der Waals surface area contributed by atoms with Crippen molar-refractivity contribution in [3.8, 4) is 0 Å². The Balaban J connectivity index is 2.64. The van der Waals surface area contributed by atoms with Gasteiger partial charge >= 0.3 is 11.9 Å². The van der Waals surface area contributed by atoms with E-state index in [1.54, 1.807) is 26.8 Å². The van der Waals surface area contributed by atoms with Gasteiger partial charge in [0.05, 0.1) is 12.3 Å². The second kappa shape index (κ2) is 11.2. The van der Waals surface area contributed by atoms with E-state index in [4.69, 9.17) is 10.5 Å². The van der Waals surface area contributed by atoms with Gasteiger partial charge in [-0.15, -0.1) is 0 Å². The number of aliphatic imine (C=N–C) groups is 1. The van der Waals surface area contributed by atoms with Crippen molar-refractivity contribution in [1.29, 1.82) is 0 Å². The largest absolute Gasteiger partial charge is 0.477 e. The predicted molar refractivity (Wildman–Crippen MR) is 104 cm³/mol.